The van der Waals surface area contributed by atoms with E-state index in [1.165, 1.54) is 24.8 Å². The van der Waals surface area contributed by atoms with Crippen molar-refractivity contribution in [2.45, 2.75) is 44.1 Å². The van der Waals surface area contributed by atoms with E-state index in [1.807, 2.05) is 6.07 Å². The Kier molecular flexibility index (Phi) is 3.64. The number of nitrogens with zero attached hydrogens (tertiary/aromatic N) is 1. The van der Waals surface area contributed by atoms with Crippen LogP contribution in [0.4, 0.5) is 0 Å². The minimum absolute atomic E-state index is 0.300. The minimum Gasteiger partial charge on any atom is -0.368 e. The molecule has 0 spiro atoms. The Morgan fingerprint density at radius 1 is 1.17 bits per heavy atom. The zero-order valence-electron chi connectivity index (χ0n) is 10.7. The lowest BCUT2D eigenvalue weighted by Gasteiger charge is -2.39. The fourth-order valence-corrected chi connectivity index (χ4v) is 3.25. The highest BCUT2D eigenvalue weighted by molar-refractivity contribution is 5.20. The molecule has 0 unspecified atom stereocenters. The molecule has 1 N–H and O–H groups in total. The summed E-state index contributed by atoms with van der Waals surface area (Å²) in [7, 11) is 0. The number of aliphatic hydroxyl groups is 1. The number of hydrogen-bond donors (Lipinski definition) is 1. The maximum Gasteiger partial charge on any atom is 0.156 e. The molecule has 0 radical (unpaired) electrons. The van der Waals surface area contributed by atoms with Crippen molar-refractivity contribution in [1.29, 1.82) is 0 Å². The molecule has 1 aromatic rings. The third kappa shape index (κ3) is 2.44. The van der Waals surface area contributed by atoms with Crippen LogP contribution in [-0.4, -0.2) is 35.5 Å². The van der Waals surface area contributed by atoms with E-state index >= 15 is 0 Å². The van der Waals surface area contributed by atoms with Crippen LogP contribution >= 0.6 is 0 Å². The van der Waals surface area contributed by atoms with Gasteiger partial charge >= 0.3 is 0 Å². The molecule has 3 nitrogen and oxygen atoms in total. The molecule has 2 saturated heterocycles. The topological polar surface area (TPSA) is 32.7 Å². The maximum absolute atomic E-state index is 9.84. The smallest absolute Gasteiger partial charge is 0.156 e. The van der Waals surface area contributed by atoms with Gasteiger partial charge in [-0.3, -0.25) is 4.90 Å². The minimum atomic E-state index is -0.593. The number of hydrogen-bond acceptors (Lipinski definition) is 3. The number of fused-ring (bicyclic) bond motifs is 1. The van der Waals surface area contributed by atoms with Crippen LogP contribution in [-0.2, 0) is 4.74 Å². The number of piperidine rings is 1. The van der Waals surface area contributed by atoms with Crippen molar-refractivity contribution in [3.8, 4) is 0 Å². The Labute approximate surface area is 108 Å². The largest absolute Gasteiger partial charge is 0.368 e. The van der Waals surface area contributed by atoms with Gasteiger partial charge in [-0.1, -0.05) is 36.8 Å². The normalized spacial score (nSPS) is 33.7. The summed E-state index contributed by atoms with van der Waals surface area (Å²) in [5.74, 6) is 0. The lowest BCUT2D eigenvalue weighted by atomic mass is 9.95. The Morgan fingerprint density at radius 2 is 2.00 bits per heavy atom. The number of benzene rings is 1. The standard InChI is InChI=1S/C15H21NO2/c17-15-10-13-8-4-5-9-16(13)14(11-18-15)12-6-2-1-3-7-12/h1-3,6-7,13-15,17H,4-5,8-11H2/t13-,14+,15-/m1/s1. The van der Waals surface area contributed by atoms with E-state index in [-0.39, 0.29) is 0 Å². The highest BCUT2D eigenvalue weighted by Gasteiger charge is 2.34. The van der Waals surface area contributed by atoms with E-state index in [4.69, 9.17) is 4.74 Å². The highest BCUT2D eigenvalue weighted by Crippen LogP contribution is 2.33. The second-order valence-corrected chi connectivity index (χ2v) is 5.34. The molecular formula is C15H21NO2. The predicted octanol–water partition coefficient (Wildman–Crippen LogP) is 2.32. The number of aliphatic hydroxyl groups excluding tert-OH is 1. The Balaban J connectivity index is 1.87. The monoisotopic (exact) mass is 247 g/mol. The molecule has 1 aromatic carbocycles. The third-order valence-electron chi connectivity index (χ3n) is 4.18. The van der Waals surface area contributed by atoms with Gasteiger partial charge in [0.05, 0.1) is 12.6 Å². The third-order valence-corrected chi connectivity index (χ3v) is 4.18. The molecule has 3 atom stereocenters. The summed E-state index contributed by atoms with van der Waals surface area (Å²) in [6.45, 7) is 1.72. The van der Waals surface area contributed by atoms with E-state index in [1.54, 1.807) is 0 Å². The van der Waals surface area contributed by atoms with Crippen LogP contribution in [0.1, 0.15) is 37.3 Å². The molecule has 0 amide bonds. The van der Waals surface area contributed by atoms with Crippen molar-refractivity contribution >= 4 is 0 Å². The molecule has 2 aliphatic heterocycles. The molecule has 2 aliphatic rings. The van der Waals surface area contributed by atoms with E-state index in [0.29, 0.717) is 18.7 Å². The average molecular weight is 247 g/mol. The predicted molar refractivity (Wildman–Crippen MR) is 70.1 cm³/mol. The van der Waals surface area contributed by atoms with Crippen molar-refractivity contribution < 1.29 is 9.84 Å². The molecule has 0 aromatic heterocycles. The molecule has 98 valence electrons. The van der Waals surface area contributed by atoms with Gasteiger partial charge in [0.1, 0.15) is 0 Å². The van der Waals surface area contributed by atoms with Crippen LogP contribution < -0.4 is 0 Å². The second-order valence-electron chi connectivity index (χ2n) is 5.34. The van der Waals surface area contributed by atoms with Gasteiger partial charge in [0, 0.05) is 12.5 Å². The zero-order chi connectivity index (χ0) is 12.4. The lowest BCUT2D eigenvalue weighted by Crippen LogP contribution is -2.42. The van der Waals surface area contributed by atoms with Gasteiger partial charge in [-0.05, 0) is 24.9 Å². The van der Waals surface area contributed by atoms with Crippen molar-refractivity contribution in [2.24, 2.45) is 0 Å². The number of rotatable bonds is 1. The van der Waals surface area contributed by atoms with Crippen LogP contribution in [0, 0.1) is 0 Å². The van der Waals surface area contributed by atoms with E-state index in [9.17, 15) is 5.11 Å². The summed E-state index contributed by atoms with van der Waals surface area (Å²) in [4.78, 5) is 2.54. The highest BCUT2D eigenvalue weighted by atomic mass is 16.6. The Morgan fingerprint density at radius 3 is 2.83 bits per heavy atom. The van der Waals surface area contributed by atoms with Gasteiger partial charge in [0.2, 0.25) is 0 Å². The van der Waals surface area contributed by atoms with Crippen LogP contribution in [0.25, 0.3) is 0 Å². The summed E-state index contributed by atoms with van der Waals surface area (Å²) in [5.41, 5.74) is 1.30. The summed E-state index contributed by atoms with van der Waals surface area (Å²) in [6, 6.07) is 11.3. The first-order chi connectivity index (χ1) is 8.84. The summed E-state index contributed by atoms with van der Waals surface area (Å²) in [5, 5.41) is 9.84. The first kappa shape index (κ1) is 12.2. The molecule has 0 bridgehead atoms. The van der Waals surface area contributed by atoms with Gasteiger partial charge < -0.3 is 9.84 Å². The Hall–Kier alpha value is -0.900. The molecule has 3 heteroatoms. The molecule has 18 heavy (non-hydrogen) atoms. The molecule has 2 fully saturated rings. The van der Waals surface area contributed by atoms with Crippen molar-refractivity contribution in [1.82, 2.24) is 4.90 Å². The molecule has 0 saturated carbocycles. The van der Waals surface area contributed by atoms with Crippen molar-refractivity contribution in [3.05, 3.63) is 35.9 Å². The van der Waals surface area contributed by atoms with E-state index < -0.39 is 6.29 Å². The molecular weight excluding hydrogens is 226 g/mol. The van der Waals surface area contributed by atoms with E-state index in [2.05, 4.69) is 29.2 Å². The fraction of sp³-hybridized carbons (Fsp3) is 0.600. The molecule has 3 rings (SSSR count). The average Bonchev–Trinajstić information content (AvgIpc) is 2.58. The molecule has 0 aliphatic carbocycles. The number of ether oxygens (including phenoxy) is 1. The maximum atomic E-state index is 9.84. The Bertz CT molecular complexity index is 381. The van der Waals surface area contributed by atoms with Gasteiger partial charge in [-0.25, -0.2) is 0 Å². The zero-order valence-corrected chi connectivity index (χ0v) is 10.7. The van der Waals surface area contributed by atoms with Gasteiger partial charge in [0.25, 0.3) is 0 Å². The second kappa shape index (κ2) is 5.39. The first-order valence-corrected chi connectivity index (χ1v) is 6.95. The van der Waals surface area contributed by atoms with Gasteiger partial charge in [-0.15, -0.1) is 0 Å². The van der Waals surface area contributed by atoms with Crippen LogP contribution in [0.15, 0.2) is 30.3 Å². The van der Waals surface area contributed by atoms with Crippen LogP contribution in [0.2, 0.25) is 0 Å². The lowest BCUT2D eigenvalue weighted by molar-refractivity contribution is -0.0998. The summed E-state index contributed by atoms with van der Waals surface area (Å²) >= 11 is 0. The quantitative estimate of drug-likeness (QED) is 0.826. The first-order valence-electron chi connectivity index (χ1n) is 6.95. The van der Waals surface area contributed by atoms with Gasteiger partial charge in [-0.2, -0.15) is 0 Å². The van der Waals surface area contributed by atoms with Crippen LogP contribution in [0.5, 0.6) is 0 Å². The van der Waals surface area contributed by atoms with Crippen molar-refractivity contribution in [2.75, 3.05) is 13.2 Å². The fourth-order valence-electron chi connectivity index (χ4n) is 3.25. The van der Waals surface area contributed by atoms with E-state index in [0.717, 1.165) is 13.0 Å². The van der Waals surface area contributed by atoms with Crippen molar-refractivity contribution in [3.63, 3.8) is 0 Å². The summed E-state index contributed by atoms with van der Waals surface area (Å²) < 4.78 is 5.58. The SMILES string of the molecule is O[C@H]1C[C@H]2CCCCN2[C@H](c2ccccc2)CO1. The van der Waals surface area contributed by atoms with Gasteiger partial charge in [0.15, 0.2) is 6.29 Å². The van der Waals surface area contributed by atoms with Crippen LogP contribution in [0.3, 0.4) is 0 Å². The summed E-state index contributed by atoms with van der Waals surface area (Å²) in [6.07, 6.45) is 3.88. The molecule has 2 heterocycles.